The van der Waals surface area contributed by atoms with Crippen LogP contribution in [0.4, 0.5) is 4.79 Å². The molecule has 2 amide bonds. The lowest BCUT2D eigenvalue weighted by molar-refractivity contribution is -0.142. The van der Waals surface area contributed by atoms with E-state index in [4.69, 9.17) is 9.47 Å². The summed E-state index contributed by atoms with van der Waals surface area (Å²) >= 11 is 0. The number of amides is 2. The average molecular weight is 428 g/mol. The molecule has 2 aromatic carbocycles. The van der Waals surface area contributed by atoms with Crippen LogP contribution in [0, 0.1) is 5.92 Å². The van der Waals surface area contributed by atoms with Crippen LogP contribution >= 0.6 is 0 Å². The maximum Gasteiger partial charge on any atom is 0.408 e. The summed E-state index contributed by atoms with van der Waals surface area (Å²) in [6, 6.07) is 14.0. The summed E-state index contributed by atoms with van der Waals surface area (Å²) in [5, 5.41) is 14.6. The third-order valence-electron chi connectivity index (χ3n) is 4.62. The molecule has 0 spiro atoms. The number of rotatable bonds is 10. The summed E-state index contributed by atoms with van der Waals surface area (Å²) in [5.41, 5.74) is 1.51. The van der Waals surface area contributed by atoms with Crippen LogP contribution in [0.2, 0.25) is 0 Å². The summed E-state index contributed by atoms with van der Waals surface area (Å²) in [6.45, 7) is 3.56. The SMILES string of the molecule is COc1cccc(C[C@@H](NC(=O)[C@@H](NC(=O)OCc2ccccc2)C(C)C)C(=O)O)c1. The number of alkyl carbamates (subject to hydrolysis) is 1. The van der Waals surface area contributed by atoms with Crippen molar-refractivity contribution < 1.29 is 29.0 Å². The Morgan fingerprint density at radius 1 is 0.968 bits per heavy atom. The molecule has 2 rings (SSSR count). The van der Waals surface area contributed by atoms with Crippen molar-refractivity contribution in [1.82, 2.24) is 10.6 Å². The highest BCUT2D eigenvalue weighted by atomic mass is 16.5. The number of carboxylic acids is 1. The van der Waals surface area contributed by atoms with E-state index in [0.29, 0.717) is 11.3 Å². The second-order valence-corrected chi connectivity index (χ2v) is 7.38. The molecular formula is C23H28N2O6. The number of nitrogens with one attached hydrogen (secondary N) is 2. The lowest BCUT2D eigenvalue weighted by atomic mass is 10.0. The molecule has 0 heterocycles. The number of hydrogen-bond donors (Lipinski definition) is 3. The van der Waals surface area contributed by atoms with E-state index in [0.717, 1.165) is 5.56 Å². The predicted octanol–water partition coefficient (Wildman–Crippen LogP) is 2.76. The third kappa shape index (κ3) is 7.65. The summed E-state index contributed by atoms with van der Waals surface area (Å²) in [4.78, 5) is 36.6. The van der Waals surface area contributed by atoms with E-state index < -0.39 is 30.1 Å². The molecule has 2 atom stereocenters. The Labute approximate surface area is 181 Å². The molecule has 0 unspecified atom stereocenters. The van der Waals surface area contributed by atoms with Gasteiger partial charge >= 0.3 is 12.1 Å². The molecule has 0 fully saturated rings. The standard InChI is InChI=1S/C23H28N2O6/c1-15(2)20(25-23(29)31-14-16-8-5-4-6-9-16)21(26)24-19(22(27)28)13-17-10-7-11-18(12-17)30-3/h4-12,15,19-20H,13-14H2,1-3H3,(H,24,26)(H,25,29)(H,27,28)/t19-,20+/m1/s1. The Balaban J connectivity index is 1.99. The van der Waals surface area contributed by atoms with Gasteiger partial charge in [-0.25, -0.2) is 9.59 Å². The van der Waals surface area contributed by atoms with Crippen molar-refractivity contribution in [3.8, 4) is 5.75 Å². The fraction of sp³-hybridized carbons (Fsp3) is 0.348. The molecule has 0 radical (unpaired) electrons. The van der Waals surface area contributed by atoms with E-state index in [9.17, 15) is 19.5 Å². The summed E-state index contributed by atoms with van der Waals surface area (Å²) < 4.78 is 10.3. The lowest BCUT2D eigenvalue weighted by Crippen LogP contribution is -2.54. The predicted molar refractivity (Wildman–Crippen MR) is 115 cm³/mol. The Bertz CT molecular complexity index is 885. The molecule has 3 N–H and O–H groups in total. The number of benzene rings is 2. The number of ether oxygens (including phenoxy) is 2. The number of carbonyl (C=O) groups is 3. The Morgan fingerprint density at radius 3 is 2.26 bits per heavy atom. The number of aliphatic carboxylic acids is 1. The first-order chi connectivity index (χ1) is 14.8. The van der Waals surface area contributed by atoms with Crippen LogP contribution < -0.4 is 15.4 Å². The monoisotopic (exact) mass is 428 g/mol. The molecule has 8 nitrogen and oxygen atoms in total. The third-order valence-corrected chi connectivity index (χ3v) is 4.62. The average Bonchev–Trinajstić information content (AvgIpc) is 2.76. The van der Waals surface area contributed by atoms with Crippen LogP contribution in [0.1, 0.15) is 25.0 Å². The largest absolute Gasteiger partial charge is 0.497 e. The minimum absolute atomic E-state index is 0.0622. The van der Waals surface area contributed by atoms with Crippen molar-refractivity contribution in [1.29, 1.82) is 0 Å². The quantitative estimate of drug-likeness (QED) is 0.536. The number of carbonyl (C=O) groups excluding carboxylic acids is 2. The van der Waals surface area contributed by atoms with Gasteiger partial charge in [-0.3, -0.25) is 4.79 Å². The van der Waals surface area contributed by atoms with Crippen molar-refractivity contribution in [2.24, 2.45) is 5.92 Å². The fourth-order valence-electron chi connectivity index (χ4n) is 2.92. The number of methoxy groups -OCH3 is 1. The van der Waals surface area contributed by atoms with Gasteiger partial charge in [-0.1, -0.05) is 56.3 Å². The Kier molecular flexibility index (Phi) is 8.87. The van der Waals surface area contributed by atoms with Crippen LogP contribution in [0.5, 0.6) is 5.75 Å². The maximum absolute atomic E-state index is 12.8. The topological polar surface area (TPSA) is 114 Å². The number of hydrogen-bond acceptors (Lipinski definition) is 5. The lowest BCUT2D eigenvalue weighted by Gasteiger charge is -2.24. The second kappa shape index (κ2) is 11.6. The molecule has 0 saturated heterocycles. The molecule has 0 aromatic heterocycles. The van der Waals surface area contributed by atoms with Gasteiger partial charge in [-0.05, 0) is 29.2 Å². The highest BCUT2D eigenvalue weighted by molar-refractivity contribution is 5.89. The molecule has 0 saturated carbocycles. The molecule has 8 heteroatoms. The molecule has 166 valence electrons. The van der Waals surface area contributed by atoms with Gasteiger partial charge in [0.25, 0.3) is 0 Å². The van der Waals surface area contributed by atoms with Gasteiger partial charge in [0.15, 0.2) is 0 Å². The van der Waals surface area contributed by atoms with Crippen molar-refractivity contribution in [3.05, 3.63) is 65.7 Å². The first-order valence-electron chi connectivity index (χ1n) is 9.93. The molecule has 0 bridgehead atoms. The Morgan fingerprint density at radius 2 is 1.65 bits per heavy atom. The van der Waals surface area contributed by atoms with Gasteiger partial charge in [0, 0.05) is 6.42 Å². The Hall–Kier alpha value is -3.55. The van der Waals surface area contributed by atoms with E-state index in [2.05, 4.69) is 10.6 Å². The van der Waals surface area contributed by atoms with Gasteiger partial charge in [0.2, 0.25) is 5.91 Å². The first-order valence-corrected chi connectivity index (χ1v) is 9.93. The van der Waals surface area contributed by atoms with Gasteiger partial charge in [0.1, 0.15) is 24.4 Å². The molecule has 0 aliphatic heterocycles. The van der Waals surface area contributed by atoms with E-state index in [-0.39, 0.29) is 18.9 Å². The van der Waals surface area contributed by atoms with Crippen LogP contribution in [0.3, 0.4) is 0 Å². The highest BCUT2D eigenvalue weighted by Crippen LogP contribution is 2.14. The zero-order chi connectivity index (χ0) is 22.8. The zero-order valence-corrected chi connectivity index (χ0v) is 17.8. The van der Waals surface area contributed by atoms with E-state index in [1.165, 1.54) is 7.11 Å². The normalized spacial score (nSPS) is 12.5. The zero-order valence-electron chi connectivity index (χ0n) is 17.8. The van der Waals surface area contributed by atoms with Crippen LogP contribution in [0.25, 0.3) is 0 Å². The molecule has 0 aliphatic rings. The van der Waals surface area contributed by atoms with Crippen molar-refractivity contribution in [3.63, 3.8) is 0 Å². The minimum Gasteiger partial charge on any atom is -0.497 e. The maximum atomic E-state index is 12.8. The van der Waals surface area contributed by atoms with Crippen LogP contribution in [-0.4, -0.2) is 42.3 Å². The van der Waals surface area contributed by atoms with Crippen LogP contribution in [-0.2, 0) is 27.4 Å². The smallest absolute Gasteiger partial charge is 0.408 e. The van der Waals surface area contributed by atoms with Crippen molar-refractivity contribution >= 4 is 18.0 Å². The fourth-order valence-corrected chi connectivity index (χ4v) is 2.92. The molecule has 31 heavy (non-hydrogen) atoms. The highest BCUT2D eigenvalue weighted by Gasteiger charge is 2.29. The van der Waals surface area contributed by atoms with Gasteiger partial charge in [-0.15, -0.1) is 0 Å². The summed E-state index contributed by atoms with van der Waals surface area (Å²) in [5.74, 6) is -1.46. The van der Waals surface area contributed by atoms with E-state index in [1.807, 2.05) is 30.3 Å². The van der Waals surface area contributed by atoms with Crippen molar-refractivity contribution in [2.45, 2.75) is 39.0 Å². The summed E-state index contributed by atoms with van der Waals surface area (Å²) in [6.07, 6.45) is -0.681. The van der Waals surface area contributed by atoms with Crippen molar-refractivity contribution in [2.75, 3.05) is 7.11 Å². The second-order valence-electron chi connectivity index (χ2n) is 7.38. The summed E-state index contributed by atoms with van der Waals surface area (Å²) in [7, 11) is 1.52. The molecular weight excluding hydrogens is 400 g/mol. The molecule has 2 aromatic rings. The van der Waals surface area contributed by atoms with Gasteiger partial charge in [0.05, 0.1) is 7.11 Å². The molecule has 0 aliphatic carbocycles. The van der Waals surface area contributed by atoms with E-state index in [1.54, 1.807) is 38.1 Å². The number of carboxylic acid groups (broad SMARTS) is 1. The van der Waals surface area contributed by atoms with E-state index >= 15 is 0 Å². The minimum atomic E-state index is -1.18. The van der Waals surface area contributed by atoms with Gasteiger partial charge in [-0.2, -0.15) is 0 Å². The van der Waals surface area contributed by atoms with Crippen LogP contribution in [0.15, 0.2) is 54.6 Å². The first kappa shape index (κ1) is 23.7. The van der Waals surface area contributed by atoms with Gasteiger partial charge < -0.3 is 25.2 Å².